The van der Waals surface area contributed by atoms with Gasteiger partial charge in [0.15, 0.2) is 5.78 Å². The summed E-state index contributed by atoms with van der Waals surface area (Å²) in [6.45, 7) is 3.65. The standard InChI is InChI=1S/C21H20BrClN2O/c1-12(26)18-9-14-8-15(22)11-25-21(14)20(13-4-6-24-7-5-13)17-3-2-16(23)10-19(17)18/h2-3,8-11,13,20,24H,4-7H2,1H3/t20-/m1/s1. The highest BCUT2D eigenvalue weighted by Gasteiger charge is 2.33. The number of hydrogen-bond donors (Lipinski definition) is 1. The van der Waals surface area contributed by atoms with Crippen molar-refractivity contribution in [2.75, 3.05) is 13.1 Å². The Morgan fingerprint density at radius 2 is 2.04 bits per heavy atom. The van der Waals surface area contributed by atoms with Crippen LogP contribution in [0.1, 0.15) is 48.1 Å². The van der Waals surface area contributed by atoms with E-state index in [1.165, 1.54) is 0 Å². The number of pyridine rings is 1. The maximum atomic E-state index is 12.4. The van der Waals surface area contributed by atoms with Gasteiger partial charge in [-0.3, -0.25) is 9.78 Å². The zero-order chi connectivity index (χ0) is 18.3. The Morgan fingerprint density at radius 1 is 1.27 bits per heavy atom. The third kappa shape index (κ3) is 3.26. The summed E-state index contributed by atoms with van der Waals surface area (Å²) in [5.74, 6) is 0.703. The number of nitrogens with zero attached hydrogens (tertiary/aromatic N) is 1. The molecule has 1 aliphatic carbocycles. The van der Waals surface area contributed by atoms with Crippen LogP contribution in [0.5, 0.6) is 0 Å². The van der Waals surface area contributed by atoms with E-state index >= 15 is 0 Å². The quantitative estimate of drug-likeness (QED) is 0.721. The van der Waals surface area contributed by atoms with Crippen LogP contribution in [0.15, 0.2) is 34.9 Å². The fourth-order valence-corrected chi connectivity index (χ4v) is 4.72. The van der Waals surface area contributed by atoms with E-state index in [1.807, 2.05) is 24.4 Å². The lowest BCUT2D eigenvalue weighted by Crippen LogP contribution is -2.32. The van der Waals surface area contributed by atoms with Crippen molar-refractivity contribution in [2.45, 2.75) is 25.7 Å². The third-order valence-electron chi connectivity index (χ3n) is 5.39. The van der Waals surface area contributed by atoms with Crippen molar-refractivity contribution < 1.29 is 4.79 Å². The van der Waals surface area contributed by atoms with E-state index in [2.05, 4.69) is 33.4 Å². The summed E-state index contributed by atoms with van der Waals surface area (Å²) in [5.41, 5.74) is 4.89. The second-order valence-corrected chi connectivity index (χ2v) is 8.39. The van der Waals surface area contributed by atoms with E-state index in [0.717, 1.165) is 52.8 Å². The van der Waals surface area contributed by atoms with Crippen molar-refractivity contribution in [3.05, 3.63) is 62.3 Å². The minimum Gasteiger partial charge on any atom is -0.317 e. The molecule has 0 saturated carbocycles. The molecule has 1 atom stereocenters. The maximum absolute atomic E-state index is 12.4. The molecular weight excluding hydrogens is 412 g/mol. The number of piperidine rings is 1. The Morgan fingerprint density at radius 3 is 2.77 bits per heavy atom. The summed E-state index contributed by atoms with van der Waals surface area (Å²) >= 11 is 9.83. The van der Waals surface area contributed by atoms with E-state index in [1.54, 1.807) is 6.92 Å². The molecule has 0 radical (unpaired) electrons. The number of aromatic nitrogens is 1. The number of ketones is 1. The van der Waals surface area contributed by atoms with Crippen molar-refractivity contribution in [2.24, 2.45) is 5.92 Å². The molecule has 2 aliphatic rings. The summed E-state index contributed by atoms with van der Waals surface area (Å²) in [6.07, 6.45) is 6.03. The zero-order valence-electron chi connectivity index (χ0n) is 14.6. The van der Waals surface area contributed by atoms with Crippen molar-refractivity contribution in [3.8, 4) is 0 Å². The highest BCUT2D eigenvalue weighted by Crippen LogP contribution is 2.44. The summed E-state index contributed by atoms with van der Waals surface area (Å²) < 4.78 is 0.920. The predicted molar refractivity (Wildman–Crippen MR) is 109 cm³/mol. The van der Waals surface area contributed by atoms with Gasteiger partial charge in [-0.15, -0.1) is 0 Å². The number of carbonyl (C=O) groups is 1. The molecule has 26 heavy (non-hydrogen) atoms. The fraction of sp³-hybridized carbons (Fsp3) is 0.333. The molecule has 0 spiro atoms. The van der Waals surface area contributed by atoms with Gasteiger partial charge in [0.25, 0.3) is 0 Å². The van der Waals surface area contributed by atoms with Gasteiger partial charge in [0, 0.05) is 27.2 Å². The molecule has 0 bridgehead atoms. The van der Waals surface area contributed by atoms with E-state index in [-0.39, 0.29) is 11.7 Å². The van der Waals surface area contributed by atoms with Crippen LogP contribution < -0.4 is 5.32 Å². The Balaban J connectivity index is 1.99. The van der Waals surface area contributed by atoms with Crippen LogP contribution in [-0.4, -0.2) is 23.9 Å². The lowest BCUT2D eigenvalue weighted by Gasteiger charge is -2.32. The minimum absolute atomic E-state index is 0.0467. The topological polar surface area (TPSA) is 42.0 Å². The van der Waals surface area contributed by atoms with Crippen molar-refractivity contribution in [1.82, 2.24) is 10.3 Å². The molecule has 3 nitrogen and oxygen atoms in total. The van der Waals surface area contributed by atoms with Gasteiger partial charge in [0.05, 0.1) is 5.69 Å². The molecule has 0 amide bonds. The van der Waals surface area contributed by atoms with Crippen LogP contribution in [0, 0.1) is 5.92 Å². The fourth-order valence-electron chi connectivity index (χ4n) is 4.20. The van der Waals surface area contributed by atoms with E-state index < -0.39 is 0 Å². The van der Waals surface area contributed by atoms with Gasteiger partial charge in [-0.2, -0.15) is 0 Å². The smallest absolute Gasteiger partial charge is 0.160 e. The first kappa shape index (κ1) is 17.9. The molecular formula is C21H20BrClN2O. The minimum atomic E-state index is 0.0467. The molecule has 1 fully saturated rings. The number of halogens is 2. The largest absolute Gasteiger partial charge is 0.317 e. The molecule has 134 valence electrons. The van der Waals surface area contributed by atoms with Crippen molar-refractivity contribution >= 4 is 45.0 Å². The first-order chi connectivity index (χ1) is 12.5. The van der Waals surface area contributed by atoms with Gasteiger partial charge in [-0.25, -0.2) is 0 Å². The predicted octanol–water partition coefficient (Wildman–Crippen LogP) is 5.07. The van der Waals surface area contributed by atoms with Gasteiger partial charge in [-0.05, 0) is 95.7 Å². The Kier molecular flexibility index (Phi) is 5.00. The van der Waals surface area contributed by atoms with E-state index in [0.29, 0.717) is 16.5 Å². The number of fused-ring (bicyclic) bond motifs is 2. The molecule has 1 aliphatic heterocycles. The first-order valence-corrected chi connectivity index (χ1v) is 10.1. The van der Waals surface area contributed by atoms with Gasteiger partial charge < -0.3 is 5.32 Å². The van der Waals surface area contributed by atoms with Crippen LogP contribution in [0.2, 0.25) is 5.02 Å². The number of Topliss-reactive ketones (excluding diaryl/α,β-unsaturated/α-hetero) is 1. The van der Waals surface area contributed by atoms with Crippen molar-refractivity contribution in [3.63, 3.8) is 0 Å². The zero-order valence-corrected chi connectivity index (χ0v) is 16.9. The van der Waals surface area contributed by atoms with Gasteiger partial charge >= 0.3 is 0 Å². The Hall–Kier alpha value is -1.49. The third-order valence-corrected chi connectivity index (χ3v) is 6.05. The van der Waals surface area contributed by atoms with E-state index in [9.17, 15) is 4.79 Å². The lowest BCUT2D eigenvalue weighted by atomic mass is 9.76. The molecule has 1 aromatic heterocycles. The van der Waals surface area contributed by atoms with Crippen LogP contribution >= 0.6 is 27.5 Å². The molecule has 4 rings (SSSR count). The number of carbonyl (C=O) groups excluding carboxylic acids is 1. The molecule has 5 heteroatoms. The number of hydrogen-bond acceptors (Lipinski definition) is 3. The van der Waals surface area contributed by atoms with Gasteiger partial charge in [0.1, 0.15) is 0 Å². The number of allylic oxidation sites excluding steroid dienone is 1. The number of benzene rings is 1. The molecule has 2 aromatic rings. The molecule has 1 aromatic carbocycles. The molecule has 2 heterocycles. The first-order valence-electron chi connectivity index (χ1n) is 8.93. The second-order valence-electron chi connectivity index (χ2n) is 7.04. The molecule has 0 unspecified atom stereocenters. The van der Waals surface area contributed by atoms with Gasteiger partial charge in [0.2, 0.25) is 0 Å². The average Bonchev–Trinajstić information content (AvgIpc) is 2.76. The van der Waals surface area contributed by atoms with Crippen LogP contribution in [0.25, 0.3) is 11.6 Å². The highest BCUT2D eigenvalue weighted by molar-refractivity contribution is 9.10. The molecule has 1 saturated heterocycles. The lowest BCUT2D eigenvalue weighted by molar-refractivity contribution is -0.111. The average molecular weight is 432 g/mol. The monoisotopic (exact) mass is 430 g/mol. The van der Waals surface area contributed by atoms with E-state index in [4.69, 9.17) is 16.6 Å². The Labute approximate surface area is 167 Å². The summed E-state index contributed by atoms with van der Waals surface area (Å²) in [7, 11) is 0. The van der Waals surface area contributed by atoms with Crippen LogP contribution in [0.4, 0.5) is 0 Å². The van der Waals surface area contributed by atoms with Crippen LogP contribution in [-0.2, 0) is 4.79 Å². The number of rotatable bonds is 2. The normalized spacial score (nSPS) is 20.0. The summed E-state index contributed by atoms with van der Waals surface area (Å²) in [5, 5.41) is 4.10. The molecule has 1 N–H and O–H groups in total. The maximum Gasteiger partial charge on any atom is 0.160 e. The summed E-state index contributed by atoms with van der Waals surface area (Å²) in [6, 6.07) is 8.00. The Bertz CT molecular complexity index is 903. The highest BCUT2D eigenvalue weighted by atomic mass is 79.9. The van der Waals surface area contributed by atoms with Crippen LogP contribution in [0.3, 0.4) is 0 Å². The number of nitrogens with one attached hydrogen (secondary N) is 1. The van der Waals surface area contributed by atoms with Gasteiger partial charge in [-0.1, -0.05) is 17.7 Å². The van der Waals surface area contributed by atoms with Crippen molar-refractivity contribution in [1.29, 1.82) is 0 Å². The second kappa shape index (κ2) is 7.26. The summed E-state index contributed by atoms with van der Waals surface area (Å²) in [4.78, 5) is 17.2. The SMILES string of the molecule is CC(=O)C1=Cc2cc(Br)cnc2[C@H](C2CCNCC2)c2ccc(Cl)cc21.